The SMILES string of the molecule is C[C@@H]1CN(Cc2nn(-c3ccccc3)c3c2CCC3)CC(C)(C)O1. The number of para-hydroxylation sites is 1. The summed E-state index contributed by atoms with van der Waals surface area (Å²) in [5.41, 5.74) is 5.25. The maximum atomic E-state index is 6.04. The average molecular weight is 325 g/mol. The highest BCUT2D eigenvalue weighted by atomic mass is 16.5. The third-order valence-corrected chi connectivity index (χ3v) is 5.03. The van der Waals surface area contributed by atoms with E-state index in [1.165, 1.54) is 35.5 Å². The van der Waals surface area contributed by atoms with Crippen molar-refractivity contribution in [2.75, 3.05) is 13.1 Å². The predicted octanol–water partition coefficient (Wildman–Crippen LogP) is 3.36. The van der Waals surface area contributed by atoms with Crippen LogP contribution < -0.4 is 0 Å². The van der Waals surface area contributed by atoms with Gasteiger partial charge in [-0.15, -0.1) is 0 Å². The van der Waals surface area contributed by atoms with Gasteiger partial charge in [0.1, 0.15) is 0 Å². The Morgan fingerprint density at radius 3 is 2.75 bits per heavy atom. The number of morpholine rings is 1. The molecule has 1 atom stereocenters. The maximum absolute atomic E-state index is 6.04. The molecule has 1 aromatic carbocycles. The molecular formula is C20H27N3O. The monoisotopic (exact) mass is 325 g/mol. The fraction of sp³-hybridized carbons (Fsp3) is 0.550. The smallest absolute Gasteiger partial charge is 0.0804 e. The van der Waals surface area contributed by atoms with Crippen molar-refractivity contribution in [3.63, 3.8) is 0 Å². The van der Waals surface area contributed by atoms with Gasteiger partial charge in [-0.25, -0.2) is 4.68 Å². The zero-order chi connectivity index (χ0) is 16.7. The second-order valence-corrected chi connectivity index (χ2v) is 7.83. The Morgan fingerprint density at radius 2 is 2.00 bits per heavy atom. The third-order valence-electron chi connectivity index (χ3n) is 5.03. The van der Waals surface area contributed by atoms with Crippen molar-refractivity contribution in [2.24, 2.45) is 0 Å². The fourth-order valence-corrected chi connectivity index (χ4v) is 4.34. The molecule has 2 heterocycles. The van der Waals surface area contributed by atoms with Crippen LogP contribution in [-0.4, -0.2) is 39.5 Å². The van der Waals surface area contributed by atoms with E-state index in [9.17, 15) is 0 Å². The van der Waals surface area contributed by atoms with E-state index in [1.54, 1.807) is 0 Å². The highest BCUT2D eigenvalue weighted by molar-refractivity contribution is 5.39. The summed E-state index contributed by atoms with van der Waals surface area (Å²) >= 11 is 0. The molecule has 0 bridgehead atoms. The summed E-state index contributed by atoms with van der Waals surface area (Å²) in [5, 5.41) is 5.00. The Hall–Kier alpha value is -1.65. The van der Waals surface area contributed by atoms with Gasteiger partial charge in [-0.05, 0) is 57.7 Å². The van der Waals surface area contributed by atoms with Crippen LogP contribution in [0.1, 0.15) is 44.1 Å². The van der Waals surface area contributed by atoms with Crippen LogP contribution in [0, 0.1) is 0 Å². The number of nitrogens with zero attached hydrogens (tertiary/aromatic N) is 3. The van der Waals surface area contributed by atoms with Gasteiger partial charge in [-0.2, -0.15) is 5.10 Å². The molecule has 0 unspecified atom stereocenters. The summed E-state index contributed by atoms with van der Waals surface area (Å²) in [7, 11) is 0. The van der Waals surface area contributed by atoms with Crippen molar-refractivity contribution in [3.05, 3.63) is 47.3 Å². The van der Waals surface area contributed by atoms with Crippen LogP contribution in [0.15, 0.2) is 30.3 Å². The lowest BCUT2D eigenvalue weighted by Gasteiger charge is -2.41. The highest BCUT2D eigenvalue weighted by Gasteiger charge is 2.33. The van der Waals surface area contributed by atoms with Gasteiger partial charge in [-0.1, -0.05) is 18.2 Å². The summed E-state index contributed by atoms with van der Waals surface area (Å²) in [5.74, 6) is 0. The molecule has 0 radical (unpaired) electrons. The van der Waals surface area contributed by atoms with E-state index >= 15 is 0 Å². The van der Waals surface area contributed by atoms with Gasteiger partial charge in [0.25, 0.3) is 0 Å². The molecule has 4 nitrogen and oxygen atoms in total. The minimum Gasteiger partial charge on any atom is -0.370 e. The zero-order valence-corrected chi connectivity index (χ0v) is 15.0. The van der Waals surface area contributed by atoms with Crippen LogP contribution >= 0.6 is 0 Å². The van der Waals surface area contributed by atoms with Gasteiger partial charge >= 0.3 is 0 Å². The fourth-order valence-electron chi connectivity index (χ4n) is 4.34. The summed E-state index contributed by atoms with van der Waals surface area (Å²) in [4.78, 5) is 2.50. The van der Waals surface area contributed by atoms with E-state index < -0.39 is 0 Å². The number of benzene rings is 1. The minimum atomic E-state index is -0.0805. The summed E-state index contributed by atoms with van der Waals surface area (Å²) in [6, 6.07) is 10.5. The molecule has 0 amide bonds. The van der Waals surface area contributed by atoms with Crippen molar-refractivity contribution in [2.45, 2.75) is 58.3 Å². The molecule has 1 aromatic heterocycles. The standard InChI is InChI=1S/C20H27N3O/c1-15-12-22(14-20(2,3)24-15)13-18-17-10-7-11-19(17)23(21-18)16-8-5-4-6-9-16/h4-6,8-9,15H,7,10-14H2,1-3H3/t15-/m1/s1. The molecule has 0 spiro atoms. The van der Waals surface area contributed by atoms with Crippen LogP contribution in [0.25, 0.3) is 5.69 Å². The van der Waals surface area contributed by atoms with Crippen LogP contribution in [0.2, 0.25) is 0 Å². The second-order valence-electron chi connectivity index (χ2n) is 7.83. The van der Waals surface area contributed by atoms with E-state index in [4.69, 9.17) is 9.84 Å². The first kappa shape index (κ1) is 15.9. The molecule has 128 valence electrons. The van der Waals surface area contributed by atoms with Crippen molar-refractivity contribution >= 4 is 0 Å². The molecule has 1 saturated heterocycles. The van der Waals surface area contributed by atoms with Gasteiger partial charge in [0.05, 0.1) is 23.1 Å². The zero-order valence-electron chi connectivity index (χ0n) is 15.0. The number of fused-ring (bicyclic) bond motifs is 1. The number of rotatable bonds is 3. The van der Waals surface area contributed by atoms with Crippen molar-refractivity contribution in [3.8, 4) is 5.69 Å². The molecule has 0 saturated carbocycles. The molecule has 24 heavy (non-hydrogen) atoms. The van der Waals surface area contributed by atoms with Crippen molar-refractivity contribution in [1.29, 1.82) is 0 Å². The van der Waals surface area contributed by atoms with Gasteiger partial charge in [0, 0.05) is 25.3 Å². The largest absolute Gasteiger partial charge is 0.370 e. The number of hydrogen-bond donors (Lipinski definition) is 0. The molecular weight excluding hydrogens is 298 g/mol. The summed E-state index contributed by atoms with van der Waals surface area (Å²) < 4.78 is 8.21. The van der Waals surface area contributed by atoms with Gasteiger partial charge < -0.3 is 4.74 Å². The van der Waals surface area contributed by atoms with E-state index in [2.05, 4.69) is 60.7 Å². The molecule has 1 fully saturated rings. The molecule has 4 heteroatoms. The lowest BCUT2D eigenvalue weighted by Crippen LogP contribution is -2.51. The first-order chi connectivity index (χ1) is 11.5. The predicted molar refractivity (Wildman–Crippen MR) is 95.5 cm³/mol. The number of hydrogen-bond acceptors (Lipinski definition) is 3. The maximum Gasteiger partial charge on any atom is 0.0804 e. The van der Waals surface area contributed by atoms with Crippen molar-refractivity contribution < 1.29 is 4.74 Å². The molecule has 4 rings (SSSR count). The first-order valence-electron chi connectivity index (χ1n) is 9.07. The number of ether oxygens (including phenoxy) is 1. The summed E-state index contributed by atoms with van der Waals surface area (Å²) in [6.07, 6.45) is 3.83. The number of aromatic nitrogens is 2. The van der Waals surface area contributed by atoms with Crippen LogP contribution in [0.4, 0.5) is 0 Å². The molecule has 1 aliphatic carbocycles. The third kappa shape index (κ3) is 3.01. The van der Waals surface area contributed by atoms with E-state index in [-0.39, 0.29) is 11.7 Å². The summed E-state index contributed by atoms with van der Waals surface area (Å²) in [6.45, 7) is 9.41. The van der Waals surface area contributed by atoms with Crippen LogP contribution in [0.3, 0.4) is 0 Å². The Morgan fingerprint density at radius 1 is 1.21 bits per heavy atom. The van der Waals surface area contributed by atoms with E-state index in [0.717, 1.165) is 26.1 Å². The second kappa shape index (κ2) is 6.01. The van der Waals surface area contributed by atoms with Gasteiger partial charge in [-0.3, -0.25) is 4.90 Å². The van der Waals surface area contributed by atoms with E-state index in [1.807, 2.05) is 0 Å². The normalized spacial score (nSPS) is 23.4. The highest BCUT2D eigenvalue weighted by Crippen LogP contribution is 2.30. The molecule has 2 aliphatic rings. The topological polar surface area (TPSA) is 30.3 Å². The lowest BCUT2D eigenvalue weighted by atomic mass is 10.0. The molecule has 1 aliphatic heterocycles. The van der Waals surface area contributed by atoms with Gasteiger partial charge in [0.2, 0.25) is 0 Å². The molecule has 2 aromatic rings. The first-order valence-corrected chi connectivity index (χ1v) is 9.07. The minimum absolute atomic E-state index is 0.0805. The van der Waals surface area contributed by atoms with Crippen molar-refractivity contribution in [1.82, 2.24) is 14.7 Å². The quantitative estimate of drug-likeness (QED) is 0.867. The Bertz CT molecular complexity index is 720. The average Bonchev–Trinajstić information content (AvgIpc) is 3.10. The Balaban J connectivity index is 1.63. The molecule has 0 N–H and O–H groups in total. The lowest BCUT2D eigenvalue weighted by molar-refractivity contribution is -0.131. The van der Waals surface area contributed by atoms with Crippen LogP contribution in [0.5, 0.6) is 0 Å². The Labute approximate surface area is 144 Å². The van der Waals surface area contributed by atoms with E-state index in [0.29, 0.717) is 0 Å². The Kier molecular flexibility index (Phi) is 3.97. The van der Waals surface area contributed by atoms with Gasteiger partial charge in [0.15, 0.2) is 0 Å². The van der Waals surface area contributed by atoms with Crippen LogP contribution in [-0.2, 0) is 24.1 Å².